The summed E-state index contributed by atoms with van der Waals surface area (Å²) in [5.74, 6) is 1.30. The average molecular weight is 1600 g/mol. The lowest BCUT2D eigenvalue weighted by atomic mass is 10.2. The summed E-state index contributed by atoms with van der Waals surface area (Å²) in [6.07, 6.45) is 10.1. The third kappa shape index (κ3) is 20.6. The van der Waals surface area contributed by atoms with E-state index in [1.165, 1.54) is 19.2 Å². The van der Waals surface area contributed by atoms with Gasteiger partial charge in [-0.15, -0.1) is 0 Å². The largest absolute Gasteiger partial charge is 0.481 e. The van der Waals surface area contributed by atoms with E-state index in [0.29, 0.717) is 55.0 Å². The van der Waals surface area contributed by atoms with Crippen LogP contribution in [-0.4, -0.2) is 76.5 Å². The highest BCUT2D eigenvalue weighted by Gasteiger charge is 2.18. The van der Waals surface area contributed by atoms with Crippen LogP contribution in [0.4, 0.5) is 61.3 Å². The molecule has 0 unspecified atom stereocenters. The highest BCUT2D eigenvalue weighted by Crippen LogP contribution is 2.34. The summed E-state index contributed by atoms with van der Waals surface area (Å²) < 4.78 is 33.6. The quantitative estimate of drug-likeness (QED) is 0.0362. The number of hydrogen-bond donors (Lipinski definition) is 5. The Morgan fingerprint density at radius 2 is 1.02 bits per heavy atom. The molecular weight excluding hydrogens is 1550 g/mol. The van der Waals surface area contributed by atoms with E-state index in [-0.39, 0.29) is 11.6 Å². The maximum atomic E-state index is 12.6. The summed E-state index contributed by atoms with van der Waals surface area (Å²) in [5.41, 5.74) is 16.0. The number of imidazole rings is 1. The van der Waals surface area contributed by atoms with Crippen LogP contribution in [0, 0.1) is 33.0 Å². The number of nitrogens with one attached hydrogen (secondary N) is 4. The van der Waals surface area contributed by atoms with Crippen molar-refractivity contribution in [3.63, 3.8) is 0 Å². The number of pyridine rings is 6. The van der Waals surface area contributed by atoms with Gasteiger partial charge in [0.25, 0.3) is 11.6 Å². The Balaban J connectivity index is 0.000000155. The van der Waals surface area contributed by atoms with Crippen LogP contribution in [0.3, 0.4) is 0 Å². The maximum absolute atomic E-state index is 12.6. The van der Waals surface area contributed by atoms with Crippen molar-refractivity contribution in [1.82, 2.24) is 39.5 Å². The van der Waals surface area contributed by atoms with Crippen LogP contribution in [0.2, 0.25) is 0 Å². The number of fused-ring (bicyclic) bond motifs is 1. The number of aromatic nitrogens is 8. The third-order valence-corrected chi connectivity index (χ3v) is 15.2. The van der Waals surface area contributed by atoms with Gasteiger partial charge in [-0.2, -0.15) is 4.39 Å². The Labute approximate surface area is 584 Å². The zero-order valence-corrected chi connectivity index (χ0v) is 58.2. The number of aryl methyl sites for hydroxylation is 1. The summed E-state index contributed by atoms with van der Waals surface area (Å²) in [6.45, 7) is 1.98. The number of nitro benzene ring substituents is 2. The van der Waals surface area contributed by atoms with Crippen molar-refractivity contribution in [2.24, 2.45) is 0 Å². The zero-order valence-electron chi connectivity index (χ0n) is 50.3. The van der Waals surface area contributed by atoms with E-state index in [1.54, 1.807) is 99.8 Å². The van der Waals surface area contributed by atoms with Crippen molar-refractivity contribution >= 4 is 153 Å². The molecule has 7 heterocycles. The molecule has 0 saturated heterocycles. The number of carbonyl (C=O) groups excluding carboxylic acids is 1. The number of benzene rings is 5. The number of nitrogen functional groups attached to an aromatic ring is 1. The van der Waals surface area contributed by atoms with Crippen LogP contribution in [0.5, 0.6) is 17.6 Å². The van der Waals surface area contributed by atoms with Crippen LogP contribution >= 0.6 is 79.6 Å². The summed E-state index contributed by atoms with van der Waals surface area (Å²) in [7, 11) is 4.67. The number of nitrogens with zero attached hydrogens (tertiary/aromatic N) is 10. The van der Waals surface area contributed by atoms with Gasteiger partial charge in [0.1, 0.15) is 17.1 Å². The van der Waals surface area contributed by atoms with Crippen LogP contribution in [0.15, 0.2) is 235 Å². The minimum Gasteiger partial charge on any atom is -0.481 e. The SMILES string of the molecule is COc1ccc(Nc2ccc(Br)cc2N)cn1.COc1ccc(Nc2ccc(Br)cc2NC(=O)c2ccccn2)cn1.COc1ccc(Nc2ccc(Br)cc2[N+](=O)[O-])cn1.Cc1ccc(-n2c(-c3ccccn3)nc3cc(Br)ccc32)cn1.O=[N+]([O-])c1cc(Br)ccc1F. The second kappa shape index (κ2) is 34.5. The molecule has 29 heteroatoms. The van der Waals surface area contributed by atoms with E-state index in [9.17, 15) is 29.4 Å². The fourth-order valence-electron chi connectivity index (χ4n) is 8.21. The van der Waals surface area contributed by atoms with E-state index in [4.69, 9.17) is 24.9 Å². The van der Waals surface area contributed by atoms with E-state index >= 15 is 0 Å². The molecule has 0 spiro atoms. The molecule has 0 bridgehead atoms. The van der Waals surface area contributed by atoms with Gasteiger partial charge in [0, 0.05) is 70.8 Å². The molecule has 12 aromatic rings. The third-order valence-electron chi connectivity index (χ3n) is 12.7. The first-order valence-electron chi connectivity index (χ1n) is 27.7. The van der Waals surface area contributed by atoms with Crippen molar-refractivity contribution < 1.29 is 33.2 Å². The first-order valence-corrected chi connectivity index (χ1v) is 31.7. The Hall–Kier alpha value is -10.3. The minimum absolute atomic E-state index is 0.00908. The molecule has 0 atom stereocenters. The molecule has 0 aliphatic heterocycles. The number of halogens is 6. The van der Waals surface area contributed by atoms with Gasteiger partial charge in [-0.25, -0.2) is 19.9 Å². The van der Waals surface area contributed by atoms with Gasteiger partial charge in [-0.05, 0) is 140 Å². The smallest absolute Gasteiger partial charge is 0.305 e. The monoisotopic (exact) mass is 1600 g/mol. The Morgan fingerprint density at radius 1 is 0.516 bits per heavy atom. The zero-order chi connectivity index (χ0) is 68.0. The van der Waals surface area contributed by atoms with Gasteiger partial charge >= 0.3 is 5.69 Å². The first kappa shape index (κ1) is 70.5. The van der Waals surface area contributed by atoms with Gasteiger partial charge in [0.15, 0.2) is 5.82 Å². The fourth-order valence-corrected chi connectivity index (χ4v) is 10.00. The molecule has 0 fully saturated rings. The number of rotatable bonds is 15. The molecule has 0 aliphatic rings. The summed E-state index contributed by atoms with van der Waals surface area (Å²) in [4.78, 5) is 62.3. The van der Waals surface area contributed by atoms with Crippen LogP contribution in [0.1, 0.15) is 16.2 Å². The van der Waals surface area contributed by atoms with Crippen LogP contribution in [-0.2, 0) is 0 Å². The van der Waals surface area contributed by atoms with Crippen molar-refractivity contribution in [2.45, 2.75) is 6.92 Å². The lowest BCUT2D eigenvalue weighted by Crippen LogP contribution is -2.14. The lowest BCUT2D eigenvalue weighted by Gasteiger charge is -2.13. The summed E-state index contributed by atoms with van der Waals surface area (Å²) in [6, 6.07) is 51.5. The average Bonchev–Trinajstić information content (AvgIpc) is 1.63. The number of anilines is 8. The number of nitro groups is 2. The predicted octanol–water partition coefficient (Wildman–Crippen LogP) is 18.0. The lowest BCUT2D eigenvalue weighted by molar-refractivity contribution is -0.387. The number of ether oxygens (including phenoxy) is 3. The fraction of sp³-hybridized carbons (Fsp3) is 0.0606. The number of carbonyl (C=O) groups is 1. The maximum Gasteiger partial charge on any atom is 0.305 e. The van der Waals surface area contributed by atoms with Gasteiger partial charge in [-0.3, -0.25) is 44.5 Å². The molecule has 6 N–H and O–H groups in total. The van der Waals surface area contributed by atoms with E-state index in [1.807, 2.05) is 98.0 Å². The molecule has 95 heavy (non-hydrogen) atoms. The molecule has 1 amide bonds. The number of hydrogen-bond acceptors (Lipinski definition) is 19. The molecule has 0 aliphatic carbocycles. The number of nitrogens with two attached hydrogens (primary N) is 1. The Morgan fingerprint density at radius 3 is 1.53 bits per heavy atom. The molecule has 482 valence electrons. The van der Waals surface area contributed by atoms with Gasteiger partial charge < -0.3 is 41.2 Å². The normalized spacial score (nSPS) is 10.3. The second-order valence-electron chi connectivity index (χ2n) is 19.3. The van der Waals surface area contributed by atoms with Gasteiger partial charge in [-0.1, -0.05) is 91.8 Å². The standard InChI is InChI=1S/C18H15BrN4O2.C18H13BrN4.C12H10BrN3O3.C12H12BrN3O.C6H3BrFNO2/c1-25-17-8-6-13(11-21-17)22-14-7-5-12(19)10-16(14)23-18(24)15-4-2-3-9-20-15;1-12-5-7-14(11-21-12)23-17-8-6-13(19)10-16(17)22-18(23)15-4-2-3-9-20-15;1-19-12-5-3-9(7-14-12)15-10-4-2-8(13)6-11(10)16(17)18;1-17-12-5-3-9(7-15-12)16-11-4-2-8(13)6-10(11)14;7-4-1-2-5(8)6(3-4)9(10)11/h2-11,22H,1H3,(H,23,24);2-11H,1H3;2-7,15H,1H3;2-7,16H,14H2,1H3;1-3H. The number of methoxy groups -OCH3 is 3. The highest BCUT2D eigenvalue weighted by atomic mass is 79.9. The molecule has 5 aromatic carbocycles. The highest BCUT2D eigenvalue weighted by molar-refractivity contribution is 9.11. The van der Waals surface area contributed by atoms with Gasteiger partial charge in [0.2, 0.25) is 23.5 Å². The molecule has 7 aromatic heterocycles. The minimum atomic E-state index is -0.821. The molecule has 12 rings (SSSR count). The molecule has 0 radical (unpaired) electrons. The topological polar surface area (TPSA) is 300 Å². The molecule has 0 saturated carbocycles. The Bertz CT molecular complexity index is 4580. The summed E-state index contributed by atoms with van der Waals surface area (Å²) >= 11 is 16.5. The second-order valence-corrected chi connectivity index (χ2v) is 23.9. The predicted molar refractivity (Wildman–Crippen MR) is 383 cm³/mol. The number of amides is 1. The summed E-state index contributed by atoms with van der Waals surface area (Å²) in [5, 5.41) is 33.3. The van der Waals surface area contributed by atoms with Crippen molar-refractivity contribution in [1.29, 1.82) is 0 Å². The van der Waals surface area contributed by atoms with Crippen molar-refractivity contribution in [2.75, 3.05) is 48.3 Å². The van der Waals surface area contributed by atoms with Crippen molar-refractivity contribution in [3.8, 4) is 34.8 Å². The van der Waals surface area contributed by atoms with Gasteiger partial charge in [0.05, 0.1) is 112 Å². The van der Waals surface area contributed by atoms with E-state index in [2.05, 4.69) is 148 Å². The first-order chi connectivity index (χ1) is 45.8. The molecular formula is C66H53Br5FN15O8. The molecule has 23 nitrogen and oxygen atoms in total. The van der Waals surface area contributed by atoms with E-state index in [0.717, 1.165) is 82.2 Å². The van der Waals surface area contributed by atoms with Crippen LogP contribution in [0.25, 0.3) is 28.2 Å². The Kier molecular flexibility index (Phi) is 25.6. The van der Waals surface area contributed by atoms with Crippen LogP contribution < -0.4 is 41.2 Å². The van der Waals surface area contributed by atoms with E-state index < -0.39 is 21.4 Å². The van der Waals surface area contributed by atoms with Crippen molar-refractivity contribution in [3.05, 3.63) is 273 Å².